The molecule has 18 heavy (non-hydrogen) atoms. The number of para-hydroxylation sites is 1. The standard InChI is InChI=1S/C13H19N3O2/c1-9(2)15-12(17)8-16(3)13(18)10-6-4-5-7-11(10)14/h4-7,9H,8,14H2,1-3H3,(H,15,17). The molecule has 98 valence electrons. The van der Waals surface area contributed by atoms with Crippen molar-refractivity contribution in [2.45, 2.75) is 19.9 Å². The Hall–Kier alpha value is -2.04. The van der Waals surface area contributed by atoms with Gasteiger partial charge in [0.15, 0.2) is 0 Å². The van der Waals surface area contributed by atoms with Gasteiger partial charge >= 0.3 is 0 Å². The number of nitrogens with two attached hydrogens (primary N) is 1. The number of benzene rings is 1. The molecule has 0 fully saturated rings. The highest BCUT2D eigenvalue weighted by Crippen LogP contribution is 2.12. The van der Waals surface area contributed by atoms with Crippen LogP contribution in [-0.2, 0) is 4.79 Å². The van der Waals surface area contributed by atoms with E-state index in [4.69, 9.17) is 5.73 Å². The highest BCUT2D eigenvalue weighted by molar-refractivity contribution is 6.00. The molecule has 0 atom stereocenters. The lowest BCUT2D eigenvalue weighted by molar-refractivity contribution is -0.122. The molecule has 1 aromatic carbocycles. The first-order chi connectivity index (χ1) is 8.41. The van der Waals surface area contributed by atoms with E-state index in [2.05, 4.69) is 5.32 Å². The van der Waals surface area contributed by atoms with E-state index < -0.39 is 0 Å². The minimum Gasteiger partial charge on any atom is -0.398 e. The van der Waals surface area contributed by atoms with Gasteiger partial charge in [0.05, 0.1) is 12.1 Å². The van der Waals surface area contributed by atoms with Crippen molar-refractivity contribution in [3.63, 3.8) is 0 Å². The number of nitrogens with one attached hydrogen (secondary N) is 1. The average Bonchev–Trinajstić information content (AvgIpc) is 2.27. The Bertz CT molecular complexity index is 444. The van der Waals surface area contributed by atoms with Crippen LogP contribution in [0, 0.1) is 0 Å². The topological polar surface area (TPSA) is 75.4 Å². The van der Waals surface area contributed by atoms with Crippen LogP contribution in [0.25, 0.3) is 0 Å². The number of amides is 2. The second-order valence-electron chi connectivity index (χ2n) is 4.47. The molecule has 0 heterocycles. The fraction of sp³-hybridized carbons (Fsp3) is 0.385. The molecule has 0 unspecified atom stereocenters. The summed E-state index contributed by atoms with van der Waals surface area (Å²) in [6, 6.07) is 6.87. The maximum Gasteiger partial charge on any atom is 0.256 e. The molecule has 0 spiro atoms. The van der Waals surface area contributed by atoms with E-state index in [1.54, 1.807) is 31.3 Å². The molecule has 0 radical (unpaired) electrons. The Kier molecular flexibility index (Phi) is 4.71. The lowest BCUT2D eigenvalue weighted by Gasteiger charge is -2.18. The van der Waals surface area contributed by atoms with E-state index in [-0.39, 0.29) is 24.4 Å². The molecule has 1 rings (SSSR count). The van der Waals surface area contributed by atoms with Gasteiger partial charge in [-0.3, -0.25) is 9.59 Å². The van der Waals surface area contributed by atoms with Crippen molar-refractivity contribution in [3.05, 3.63) is 29.8 Å². The summed E-state index contributed by atoms with van der Waals surface area (Å²) in [6.07, 6.45) is 0. The van der Waals surface area contributed by atoms with E-state index in [1.807, 2.05) is 13.8 Å². The zero-order chi connectivity index (χ0) is 13.7. The summed E-state index contributed by atoms with van der Waals surface area (Å²) in [6.45, 7) is 3.76. The summed E-state index contributed by atoms with van der Waals surface area (Å²) in [4.78, 5) is 25.0. The summed E-state index contributed by atoms with van der Waals surface area (Å²) in [5.41, 5.74) is 6.55. The van der Waals surface area contributed by atoms with Gasteiger partial charge in [-0.25, -0.2) is 0 Å². The van der Waals surface area contributed by atoms with Crippen LogP contribution in [0.15, 0.2) is 24.3 Å². The number of carbonyl (C=O) groups is 2. The average molecular weight is 249 g/mol. The van der Waals surface area contributed by atoms with Crippen LogP contribution in [0.5, 0.6) is 0 Å². The maximum atomic E-state index is 12.1. The number of nitrogen functional groups attached to an aromatic ring is 1. The van der Waals surface area contributed by atoms with Crippen molar-refractivity contribution in [1.82, 2.24) is 10.2 Å². The van der Waals surface area contributed by atoms with Crippen LogP contribution in [-0.4, -0.2) is 36.3 Å². The minimum atomic E-state index is -0.257. The quantitative estimate of drug-likeness (QED) is 0.777. The first-order valence-corrected chi connectivity index (χ1v) is 5.81. The lowest BCUT2D eigenvalue weighted by Crippen LogP contribution is -2.41. The number of hydrogen-bond acceptors (Lipinski definition) is 3. The Morgan fingerprint density at radius 2 is 1.94 bits per heavy atom. The first-order valence-electron chi connectivity index (χ1n) is 5.81. The van der Waals surface area contributed by atoms with Gasteiger partial charge in [0.25, 0.3) is 5.91 Å². The van der Waals surface area contributed by atoms with Crippen molar-refractivity contribution in [2.24, 2.45) is 0 Å². The highest BCUT2D eigenvalue weighted by Gasteiger charge is 2.16. The third-order valence-corrected chi connectivity index (χ3v) is 2.37. The lowest BCUT2D eigenvalue weighted by atomic mass is 10.1. The predicted octanol–water partition coefficient (Wildman–Crippen LogP) is 0.865. The van der Waals surface area contributed by atoms with Crippen LogP contribution in [0.4, 0.5) is 5.69 Å². The Morgan fingerprint density at radius 3 is 2.50 bits per heavy atom. The predicted molar refractivity (Wildman–Crippen MR) is 71.1 cm³/mol. The van der Waals surface area contributed by atoms with Crippen molar-refractivity contribution in [2.75, 3.05) is 19.3 Å². The van der Waals surface area contributed by atoms with Crippen molar-refractivity contribution < 1.29 is 9.59 Å². The molecule has 0 aliphatic rings. The van der Waals surface area contributed by atoms with E-state index in [9.17, 15) is 9.59 Å². The fourth-order valence-electron chi connectivity index (χ4n) is 1.55. The normalized spacial score (nSPS) is 10.2. The number of hydrogen-bond donors (Lipinski definition) is 2. The largest absolute Gasteiger partial charge is 0.398 e. The molecule has 0 saturated carbocycles. The van der Waals surface area contributed by atoms with E-state index >= 15 is 0 Å². The molecule has 5 heteroatoms. The zero-order valence-electron chi connectivity index (χ0n) is 10.9. The van der Waals surface area contributed by atoms with E-state index in [0.29, 0.717) is 11.3 Å². The second-order valence-corrected chi connectivity index (χ2v) is 4.47. The van der Waals surface area contributed by atoms with Gasteiger partial charge in [-0.15, -0.1) is 0 Å². The molecule has 2 amide bonds. The van der Waals surface area contributed by atoms with Gasteiger partial charge in [0, 0.05) is 18.8 Å². The minimum absolute atomic E-state index is 0.0192. The molecule has 5 nitrogen and oxygen atoms in total. The summed E-state index contributed by atoms with van der Waals surface area (Å²) < 4.78 is 0. The fourth-order valence-corrected chi connectivity index (χ4v) is 1.55. The molecule has 1 aromatic rings. The van der Waals surface area contributed by atoms with Gasteiger partial charge in [-0.1, -0.05) is 12.1 Å². The number of carbonyl (C=O) groups excluding carboxylic acids is 2. The van der Waals surface area contributed by atoms with Crippen LogP contribution in [0.1, 0.15) is 24.2 Å². The SMILES string of the molecule is CC(C)NC(=O)CN(C)C(=O)c1ccccc1N. The molecule has 0 aromatic heterocycles. The second kappa shape index (κ2) is 6.05. The van der Waals surface area contributed by atoms with Crippen LogP contribution in [0.2, 0.25) is 0 Å². The summed E-state index contributed by atoms with van der Waals surface area (Å²) >= 11 is 0. The Labute approximate surface area is 107 Å². The van der Waals surface area contributed by atoms with E-state index in [1.165, 1.54) is 4.90 Å². The Morgan fingerprint density at radius 1 is 1.33 bits per heavy atom. The number of anilines is 1. The highest BCUT2D eigenvalue weighted by atomic mass is 16.2. The molecule has 0 aliphatic heterocycles. The maximum absolute atomic E-state index is 12.1. The molecule has 0 aliphatic carbocycles. The van der Waals surface area contributed by atoms with Gasteiger partial charge in [-0.05, 0) is 26.0 Å². The Balaban J connectivity index is 2.68. The molecular weight excluding hydrogens is 230 g/mol. The third-order valence-electron chi connectivity index (χ3n) is 2.37. The summed E-state index contributed by atoms with van der Waals surface area (Å²) in [5.74, 6) is -0.442. The van der Waals surface area contributed by atoms with Crippen molar-refractivity contribution >= 4 is 17.5 Å². The van der Waals surface area contributed by atoms with Gasteiger partial charge in [0.1, 0.15) is 0 Å². The summed E-state index contributed by atoms with van der Waals surface area (Å²) in [7, 11) is 1.58. The van der Waals surface area contributed by atoms with Crippen molar-refractivity contribution in [3.8, 4) is 0 Å². The monoisotopic (exact) mass is 249 g/mol. The third kappa shape index (κ3) is 3.76. The van der Waals surface area contributed by atoms with Crippen molar-refractivity contribution in [1.29, 1.82) is 0 Å². The van der Waals surface area contributed by atoms with Crippen LogP contribution in [0.3, 0.4) is 0 Å². The van der Waals surface area contributed by atoms with Crippen LogP contribution >= 0.6 is 0 Å². The number of nitrogens with zero attached hydrogens (tertiary/aromatic N) is 1. The number of likely N-dealkylation sites (N-methyl/N-ethyl adjacent to an activating group) is 1. The number of rotatable bonds is 4. The molecular formula is C13H19N3O2. The zero-order valence-corrected chi connectivity index (χ0v) is 10.9. The molecule has 3 N–H and O–H groups in total. The molecule has 0 saturated heterocycles. The van der Waals surface area contributed by atoms with Crippen LogP contribution < -0.4 is 11.1 Å². The van der Waals surface area contributed by atoms with E-state index in [0.717, 1.165) is 0 Å². The molecule has 0 bridgehead atoms. The smallest absolute Gasteiger partial charge is 0.256 e. The van der Waals surface area contributed by atoms with Gasteiger partial charge in [0.2, 0.25) is 5.91 Å². The van der Waals surface area contributed by atoms with Gasteiger partial charge in [-0.2, -0.15) is 0 Å². The van der Waals surface area contributed by atoms with Gasteiger partial charge < -0.3 is 16.0 Å². The first kappa shape index (κ1) is 14.0. The summed E-state index contributed by atoms with van der Waals surface area (Å²) in [5, 5.41) is 2.73.